The fraction of sp³-hybridized carbons (Fsp3) is 0.500. The van der Waals surface area contributed by atoms with Crippen LogP contribution in [-0.4, -0.2) is 17.3 Å². The second-order valence-electron chi connectivity index (χ2n) is 4.84. The first-order chi connectivity index (χ1) is 8.58. The monoisotopic (exact) mass is 329 g/mol. The van der Waals surface area contributed by atoms with E-state index in [4.69, 9.17) is 11.6 Å². The molecule has 0 heterocycles. The molecule has 1 aromatic carbocycles. The maximum atomic E-state index is 12.2. The van der Waals surface area contributed by atoms with E-state index >= 15 is 0 Å². The van der Waals surface area contributed by atoms with E-state index in [9.17, 15) is 4.79 Å². The van der Waals surface area contributed by atoms with E-state index in [-0.39, 0.29) is 17.3 Å². The number of carbonyl (C=O) groups is 1. The molecule has 1 amide bonds. The molecular weight excluding hydrogens is 314 g/mol. The van der Waals surface area contributed by atoms with Crippen molar-refractivity contribution in [3.63, 3.8) is 0 Å². The van der Waals surface area contributed by atoms with Crippen molar-refractivity contribution >= 4 is 33.4 Å². The van der Waals surface area contributed by atoms with Crippen LogP contribution in [0.1, 0.15) is 41.6 Å². The highest BCUT2D eigenvalue weighted by atomic mass is 79.9. The summed E-state index contributed by atoms with van der Waals surface area (Å²) in [5.74, 6) is -0.0219. The lowest BCUT2D eigenvalue weighted by molar-refractivity contribution is 0.0928. The Bertz CT molecular complexity index is 449. The first-order valence-corrected chi connectivity index (χ1v) is 7.52. The van der Waals surface area contributed by atoms with Gasteiger partial charge in [-0.15, -0.1) is 11.6 Å². The molecule has 2 rings (SSSR count). The number of amides is 1. The molecule has 1 aromatic rings. The zero-order valence-corrected chi connectivity index (χ0v) is 12.7. The predicted molar refractivity (Wildman–Crippen MR) is 78.2 cm³/mol. The van der Waals surface area contributed by atoms with Gasteiger partial charge in [-0.05, 0) is 37.5 Å². The standard InChI is InChI=1S/C14H17BrClNO/c1-9-6-7-10(15)8-11(9)14(18)17-13-5-3-2-4-12(13)16/h6-8,12-13H,2-5H2,1H3,(H,17,18). The number of benzene rings is 1. The van der Waals surface area contributed by atoms with E-state index < -0.39 is 0 Å². The quantitative estimate of drug-likeness (QED) is 0.815. The summed E-state index contributed by atoms with van der Waals surface area (Å²) in [6.07, 6.45) is 4.28. The highest BCUT2D eigenvalue weighted by Crippen LogP contribution is 2.24. The van der Waals surface area contributed by atoms with E-state index in [0.717, 1.165) is 41.3 Å². The fourth-order valence-corrected chi connectivity index (χ4v) is 3.04. The molecule has 98 valence electrons. The summed E-state index contributed by atoms with van der Waals surface area (Å²) in [5, 5.41) is 3.13. The Morgan fingerprint density at radius 2 is 2.11 bits per heavy atom. The van der Waals surface area contributed by atoms with Gasteiger partial charge in [-0.3, -0.25) is 4.79 Å². The Labute approximate surface area is 121 Å². The molecule has 1 fully saturated rings. The van der Waals surface area contributed by atoms with E-state index in [0.29, 0.717) is 0 Å². The summed E-state index contributed by atoms with van der Waals surface area (Å²) >= 11 is 9.66. The number of hydrogen-bond acceptors (Lipinski definition) is 1. The van der Waals surface area contributed by atoms with Crippen LogP contribution in [0.3, 0.4) is 0 Å². The van der Waals surface area contributed by atoms with Gasteiger partial charge in [0.05, 0.1) is 5.38 Å². The number of alkyl halides is 1. The van der Waals surface area contributed by atoms with E-state index in [1.807, 2.05) is 25.1 Å². The number of aryl methyl sites for hydroxylation is 1. The zero-order valence-electron chi connectivity index (χ0n) is 10.4. The van der Waals surface area contributed by atoms with Crippen molar-refractivity contribution in [3.05, 3.63) is 33.8 Å². The van der Waals surface area contributed by atoms with Crippen molar-refractivity contribution in [2.45, 2.75) is 44.0 Å². The van der Waals surface area contributed by atoms with Gasteiger partial charge >= 0.3 is 0 Å². The molecule has 2 unspecified atom stereocenters. The molecule has 2 nitrogen and oxygen atoms in total. The Hall–Kier alpha value is -0.540. The minimum atomic E-state index is -0.0219. The Morgan fingerprint density at radius 3 is 2.83 bits per heavy atom. The van der Waals surface area contributed by atoms with Gasteiger partial charge in [0.2, 0.25) is 0 Å². The van der Waals surface area contributed by atoms with E-state index in [1.54, 1.807) is 0 Å². The highest BCUT2D eigenvalue weighted by Gasteiger charge is 2.25. The van der Waals surface area contributed by atoms with Gasteiger partial charge in [-0.25, -0.2) is 0 Å². The van der Waals surface area contributed by atoms with Crippen molar-refractivity contribution in [2.24, 2.45) is 0 Å². The Kier molecular flexibility index (Phi) is 4.68. The fourth-order valence-electron chi connectivity index (χ4n) is 2.33. The summed E-state index contributed by atoms with van der Waals surface area (Å²) < 4.78 is 0.921. The van der Waals surface area contributed by atoms with Crippen LogP contribution in [0.25, 0.3) is 0 Å². The number of halogens is 2. The van der Waals surface area contributed by atoms with E-state index in [2.05, 4.69) is 21.2 Å². The molecule has 1 aliphatic rings. The summed E-state index contributed by atoms with van der Waals surface area (Å²) in [6.45, 7) is 1.94. The second-order valence-corrected chi connectivity index (χ2v) is 6.32. The average molecular weight is 331 g/mol. The molecule has 0 aromatic heterocycles. The lowest BCUT2D eigenvalue weighted by atomic mass is 9.94. The molecule has 0 bridgehead atoms. The van der Waals surface area contributed by atoms with Crippen LogP contribution in [0.15, 0.2) is 22.7 Å². The largest absolute Gasteiger partial charge is 0.348 e. The summed E-state index contributed by atoms with van der Waals surface area (Å²) in [4.78, 5) is 12.2. The Morgan fingerprint density at radius 1 is 1.39 bits per heavy atom. The topological polar surface area (TPSA) is 29.1 Å². The number of carbonyl (C=O) groups excluding carboxylic acids is 1. The summed E-state index contributed by atoms with van der Waals surface area (Å²) in [6, 6.07) is 5.84. The first-order valence-electron chi connectivity index (χ1n) is 6.29. The van der Waals surface area contributed by atoms with Crippen LogP contribution >= 0.6 is 27.5 Å². The van der Waals surface area contributed by atoms with Crippen LogP contribution < -0.4 is 5.32 Å². The van der Waals surface area contributed by atoms with Crippen molar-refractivity contribution in [2.75, 3.05) is 0 Å². The molecule has 0 aliphatic heterocycles. The molecular formula is C14H17BrClNO. The first kappa shape index (κ1) is 13.9. The third kappa shape index (κ3) is 3.27. The molecule has 1 aliphatic carbocycles. The van der Waals surface area contributed by atoms with E-state index in [1.165, 1.54) is 0 Å². The summed E-state index contributed by atoms with van der Waals surface area (Å²) in [5.41, 5.74) is 1.71. The van der Waals surface area contributed by atoms with Gasteiger partial charge in [0.15, 0.2) is 0 Å². The average Bonchev–Trinajstić information content (AvgIpc) is 2.35. The van der Waals surface area contributed by atoms with Crippen molar-refractivity contribution in [3.8, 4) is 0 Å². The smallest absolute Gasteiger partial charge is 0.251 e. The zero-order chi connectivity index (χ0) is 13.1. The van der Waals surface area contributed by atoms with Gasteiger partial charge in [0.25, 0.3) is 5.91 Å². The van der Waals surface area contributed by atoms with Gasteiger partial charge in [0.1, 0.15) is 0 Å². The van der Waals surface area contributed by atoms with Gasteiger partial charge < -0.3 is 5.32 Å². The molecule has 0 radical (unpaired) electrons. The third-order valence-corrected chi connectivity index (χ3v) is 4.46. The van der Waals surface area contributed by atoms with Crippen molar-refractivity contribution < 1.29 is 4.79 Å². The molecule has 1 saturated carbocycles. The number of rotatable bonds is 2. The molecule has 0 saturated heterocycles. The predicted octanol–water partition coefficient (Wildman–Crippen LogP) is 4.04. The molecule has 18 heavy (non-hydrogen) atoms. The lowest BCUT2D eigenvalue weighted by Gasteiger charge is -2.28. The highest BCUT2D eigenvalue weighted by molar-refractivity contribution is 9.10. The lowest BCUT2D eigenvalue weighted by Crippen LogP contribution is -2.43. The van der Waals surface area contributed by atoms with Crippen molar-refractivity contribution in [1.29, 1.82) is 0 Å². The minimum absolute atomic E-state index is 0.0219. The minimum Gasteiger partial charge on any atom is -0.348 e. The molecule has 0 spiro atoms. The van der Waals surface area contributed by atoms with Gasteiger partial charge in [-0.2, -0.15) is 0 Å². The van der Waals surface area contributed by atoms with Crippen LogP contribution in [0.4, 0.5) is 0 Å². The van der Waals surface area contributed by atoms with Crippen LogP contribution in [0, 0.1) is 6.92 Å². The molecule has 1 N–H and O–H groups in total. The van der Waals surface area contributed by atoms with Crippen LogP contribution in [0.2, 0.25) is 0 Å². The summed E-state index contributed by atoms with van der Waals surface area (Å²) in [7, 11) is 0. The van der Waals surface area contributed by atoms with Crippen LogP contribution in [0.5, 0.6) is 0 Å². The second kappa shape index (κ2) is 6.07. The van der Waals surface area contributed by atoms with Gasteiger partial charge in [0, 0.05) is 16.1 Å². The molecule has 2 atom stereocenters. The Balaban J connectivity index is 2.09. The normalized spacial score (nSPS) is 23.7. The van der Waals surface area contributed by atoms with Crippen LogP contribution in [-0.2, 0) is 0 Å². The molecule has 4 heteroatoms. The van der Waals surface area contributed by atoms with Crippen molar-refractivity contribution in [1.82, 2.24) is 5.32 Å². The maximum absolute atomic E-state index is 12.2. The maximum Gasteiger partial charge on any atom is 0.251 e. The number of nitrogens with one attached hydrogen (secondary N) is 1. The SMILES string of the molecule is Cc1ccc(Br)cc1C(=O)NC1CCCCC1Cl. The van der Waals surface area contributed by atoms with Gasteiger partial charge in [-0.1, -0.05) is 34.8 Å². The third-order valence-electron chi connectivity index (χ3n) is 3.44. The number of hydrogen-bond donors (Lipinski definition) is 1.